The SMILES string of the molecule is Cl.NC(N)=N/N=C(/c1cccs1)C1CC1. The maximum atomic E-state index is 5.24. The zero-order chi connectivity index (χ0) is 9.97. The lowest BCUT2D eigenvalue weighted by Crippen LogP contribution is -2.22. The van der Waals surface area contributed by atoms with Gasteiger partial charge in [-0.25, -0.2) is 0 Å². The summed E-state index contributed by atoms with van der Waals surface area (Å²) in [6.07, 6.45) is 2.38. The molecule has 2 rings (SSSR count). The van der Waals surface area contributed by atoms with Crippen LogP contribution in [-0.2, 0) is 0 Å². The van der Waals surface area contributed by atoms with E-state index in [0.717, 1.165) is 10.6 Å². The minimum Gasteiger partial charge on any atom is -0.369 e. The Kier molecular flexibility index (Phi) is 4.11. The number of guanidine groups is 1. The van der Waals surface area contributed by atoms with Crippen LogP contribution in [0.15, 0.2) is 27.7 Å². The number of rotatable bonds is 3. The Morgan fingerprint density at radius 1 is 1.33 bits per heavy atom. The molecule has 0 radical (unpaired) electrons. The number of hydrogen-bond donors (Lipinski definition) is 2. The monoisotopic (exact) mass is 244 g/mol. The first-order chi connectivity index (χ1) is 6.77. The van der Waals surface area contributed by atoms with Crippen molar-refractivity contribution < 1.29 is 0 Å². The number of nitrogens with two attached hydrogens (primary N) is 2. The van der Waals surface area contributed by atoms with E-state index in [9.17, 15) is 0 Å². The molecule has 1 fully saturated rings. The quantitative estimate of drug-likeness (QED) is 0.481. The maximum absolute atomic E-state index is 5.24. The molecule has 0 spiro atoms. The van der Waals surface area contributed by atoms with Crippen molar-refractivity contribution in [3.05, 3.63) is 22.4 Å². The summed E-state index contributed by atoms with van der Waals surface area (Å²) < 4.78 is 0. The highest BCUT2D eigenvalue weighted by Crippen LogP contribution is 2.34. The van der Waals surface area contributed by atoms with Gasteiger partial charge in [0.15, 0.2) is 0 Å². The van der Waals surface area contributed by atoms with Crippen LogP contribution >= 0.6 is 23.7 Å². The molecule has 1 saturated carbocycles. The smallest absolute Gasteiger partial charge is 0.211 e. The highest BCUT2D eigenvalue weighted by molar-refractivity contribution is 7.12. The van der Waals surface area contributed by atoms with Gasteiger partial charge >= 0.3 is 0 Å². The maximum Gasteiger partial charge on any atom is 0.211 e. The van der Waals surface area contributed by atoms with E-state index in [2.05, 4.69) is 10.2 Å². The molecule has 4 nitrogen and oxygen atoms in total. The Morgan fingerprint density at radius 2 is 2.07 bits per heavy atom. The molecule has 1 aliphatic carbocycles. The zero-order valence-electron chi connectivity index (χ0n) is 8.09. The topological polar surface area (TPSA) is 76.8 Å². The Labute approximate surface area is 98.5 Å². The van der Waals surface area contributed by atoms with Crippen molar-refractivity contribution in [3.63, 3.8) is 0 Å². The van der Waals surface area contributed by atoms with Gasteiger partial charge in [-0.3, -0.25) is 0 Å². The third kappa shape index (κ3) is 3.21. The lowest BCUT2D eigenvalue weighted by Gasteiger charge is -1.97. The van der Waals surface area contributed by atoms with Gasteiger partial charge in [0.25, 0.3) is 0 Å². The molecule has 1 aromatic rings. The van der Waals surface area contributed by atoms with Crippen LogP contribution in [0.1, 0.15) is 17.7 Å². The average molecular weight is 245 g/mol. The van der Waals surface area contributed by atoms with Crippen LogP contribution in [0.25, 0.3) is 0 Å². The Balaban J connectivity index is 0.00000112. The number of halogens is 1. The minimum atomic E-state index is 0. The van der Waals surface area contributed by atoms with Gasteiger partial charge in [-0.05, 0) is 24.3 Å². The van der Waals surface area contributed by atoms with Crippen LogP contribution in [0.3, 0.4) is 0 Å². The van der Waals surface area contributed by atoms with Gasteiger partial charge in [-0.1, -0.05) is 6.07 Å². The van der Waals surface area contributed by atoms with E-state index in [-0.39, 0.29) is 18.4 Å². The van der Waals surface area contributed by atoms with E-state index in [1.807, 2.05) is 17.5 Å². The lowest BCUT2D eigenvalue weighted by atomic mass is 10.2. The molecule has 1 heterocycles. The van der Waals surface area contributed by atoms with Crippen molar-refractivity contribution in [1.82, 2.24) is 0 Å². The molecule has 6 heteroatoms. The predicted molar refractivity (Wildman–Crippen MR) is 66.6 cm³/mol. The molecule has 1 aliphatic rings. The highest BCUT2D eigenvalue weighted by atomic mass is 35.5. The van der Waals surface area contributed by atoms with Gasteiger partial charge in [0.1, 0.15) is 0 Å². The molecule has 0 atom stereocenters. The van der Waals surface area contributed by atoms with Crippen LogP contribution in [0.4, 0.5) is 0 Å². The predicted octanol–water partition coefficient (Wildman–Crippen LogP) is 1.56. The molecule has 0 aliphatic heterocycles. The van der Waals surface area contributed by atoms with Crippen molar-refractivity contribution >= 4 is 35.4 Å². The molecule has 0 bridgehead atoms. The van der Waals surface area contributed by atoms with Gasteiger partial charge in [0, 0.05) is 5.92 Å². The Morgan fingerprint density at radius 3 is 2.53 bits per heavy atom. The van der Waals surface area contributed by atoms with E-state index < -0.39 is 0 Å². The molecule has 82 valence electrons. The fourth-order valence-corrected chi connectivity index (χ4v) is 2.01. The summed E-state index contributed by atoms with van der Waals surface area (Å²) in [5.74, 6) is 0.566. The number of thiophene rings is 1. The first-order valence-electron chi connectivity index (χ1n) is 4.47. The van der Waals surface area contributed by atoms with Crippen LogP contribution in [0.5, 0.6) is 0 Å². The Hall–Kier alpha value is -1.07. The fourth-order valence-electron chi connectivity index (χ4n) is 1.22. The summed E-state index contributed by atoms with van der Waals surface area (Å²) in [7, 11) is 0. The van der Waals surface area contributed by atoms with Gasteiger partial charge in [0.05, 0.1) is 10.6 Å². The third-order valence-electron chi connectivity index (χ3n) is 2.01. The molecule has 15 heavy (non-hydrogen) atoms. The van der Waals surface area contributed by atoms with Gasteiger partial charge in [0.2, 0.25) is 5.96 Å². The largest absolute Gasteiger partial charge is 0.369 e. The van der Waals surface area contributed by atoms with Gasteiger partial charge < -0.3 is 11.5 Å². The van der Waals surface area contributed by atoms with E-state index in [1.165, 1.54) is 12.8 Å². The third-order valence-corrected chi connectivity index (χ3v) is 2.90. The average Bonchev–Trinajstić information content (AvgIpc) is 2.81. The van der Waals surface area contributed by atoms with Crippen LogP contribution in [0, 0.1) is 5.92 Å². The molecule has 0 unspecified atom stereocenters. The molecule has 1 aromatic heterocycles. The van der Waals surface area contributed by atoms with E-state index in [1.54, 1.807) is 11.3 Å². The summed E-state index contributed by atoms with van der Waals surface area (Å²) in [5.41, 5.74) is 11.5. The van der Waals surface area contributed by atoms with Crippen LogP contribution in [0.2, 0.25) is 0 Å². The van der Waals surface area contributed by atoms with Gasteiger partial charge in [-0.2, -0.15) is 5.10 Å². The second-order valence-corrected chi connectivity index (χ2v) is 4.21. The minimum absolute atomic E-state index is 0. The number of nitrogens with zero attached hydrogens (tertiary/aromatic N) is 2. The zero-order valence-corrected chi connectivity index (χ0v) is 9.72. The normalized spacial score (nSPS) is 15.6. The summed E-state index contributed by atoms with van der Waals surface area (Å²) in [6.45, 7) is 0. The molecular formula is C9H13ClN4S. The second-order valence-electron chi connectivity index (χ2n) is 3.26. The van der Waals surface area contributed by atoms with Crippen molar-refractivity contribution in [2.75, 3.05) is 0 Å². The van der Waals surface area contributed by atoms with Crippen molar-refractivity contribution in [2.45, 2.75) is 12.8 Å². The lowest BCUT2D eigenvalue weighted by molar-refractivity contribution is 1.12. The first kappa shape index (κ1) is 12.0. The Bertz CT molecular complexity index is 363. The highest BCUT2D eigenvalue weighted by Gasteiger charge is 2.29. The van der Waals surface area contributed by atoms with Gasteiger partial charge in [-0.15, -0.1) is 28.8 Å². The molecular weight excluding hydrogens is 232 g/mol. The molecule has 4 N–H and O–H groups in total. The summed E-state index contributed by atoms with van der Waals surface area (Å²) in [6, 6.07) is 4.05. The van der Waals surface area contributed by atoms with E-state index in [4.69, 9.17) is 11.5 Å². The molecule has 0 aromatic carbocycles. The summed E-state index contributed by atoms with van der Waals surface area (Å²) >= 11 is 1.67. The first-order valence-corrected chi connectivity index (χ1v) is 5.35. The second kappa shape index (κ2) is 5.14. The summed E-state index contributed by atoms with van der Waals surface area (Å²) in [5, 5.41) is 9.83. The van der Waals surface area contributed by atoms with E-state index in [0.29, 0.717) is 5.92 Å². The van der Waals surface area contributed by atoms with Crippen molar-refractivity contribution in [1.29, 1.82) is 0 Å². The van der Waals surface area contributed by atoms with Crippen molar-refractivity contribution in [3.8, 4) is 0 Å². The van der Waals surface area contributed by atoms with Crippen LogP contribution < -0.4 is 11.5 Å². The standard InChI is InChI=1S/C9H12N4S.ClH/c10-9(11)13-12-8(6-3-4-6)7-2-1-5-14-7;/h1-2,5-6H,3-4H2,(H4,10,11,13);1H/b12-8+;. The van der Waals surface area contributed by atoms with Crippen molar-refractivity contribution in [2.24, 2.45) is 27.6 Å². The van der Waals surface area contributed by atoms with Crippen LogP contribution in [-0.4, -0.2) is 11.7 Å². The molecule has 0 saturated heterocycles. The fraction of sp³-hybridized carbons (Fsp3) is 0.333. The number of hydrogen-bond acceptors (Lipinski definition) is 3. The molecule has 0 amide bonds. The van der Waals surface area contributed by atoms with E-state index >= 15 is 0 Å². The summed E-state index contributed by atoms with van der Waals surface area (Å²) in [4.78, 5) is 1.16.